The van der Waals surface area contributed by atoms with E-state index in [2.05, 4.69) is 46.7 Å². The van der Waals surface area contributed by atoms with E-state index in [4.69, 9.17) is 18.6 Å². The molecule has 8 heteroatoms. The third-order valence-electron chi connectivity index (χ3n) is 6.45. The van der Waals surface area contributed by atoms with E-state index in [0.29, 0.717) is 40.3 Å². The molecule has 0 fully saturated rings. The van der Waals surface area contributed by atoms with Crippen LogP contribution in [0.4, 0.5) is 5.69 Å². The van der Waals surface area contributed by atoms with E-state index in [1.165, 1.54) is 26.5 Å². The van der Waals surface area contributed by atoms with Gasteiger partial charge in [0.1, 0.15) is 0 Å². The fourth-order valence-corrected chi connectivity index (χ4v) is 4.38. The highest BCUT2D eigenvalue weighted by Gasteiger charge is 2.31. The first-order valence-electron chi connectivity index (χ1n) is 11.8. The second-order valence-corrected chi connectivity index (χ2v) is 8.96. The van der Waals surface area contributed by atoms with Gasteiger partial charge in [-0.05, 0) is 60.2 Å². The molecule has 4 aromatic rings. The van der Waals surface area contributed by atoms with Crippen molar-refractivity contribution in [1.82, 2.24) is 10.2 Å². The fourth-order valence-electron chi connectivity index (χ4n) is 4.38. The Morgan fingerprint density at radius 1 is 0.919 bits per heavy atom. The molecule has 1 N–H and O–H groups in total. The van der Waals surface area contributed by atoms with Crippen molar-refractivity contribution in [3.05, 3.63) is 82.6 Å². The van der Waals surface area contributed by atoms with Crippen molar-refractivity contribution >= 4 is 23.7 Å². The minimum atomic E-state index is -0.381. The number of nitrogens with zero attached hydrogens (tertiary/aromatic N) is 2. The fraction of sp³-hybridized carbons (Fsp3) is 0.207. The number of rotatable bonds is 7. The van der Waals surface area contributed by atoms with Gasteiger partial charge in [-0.15, -0.1) is 10.2 Å². The van der Waals surface area contributed by atoms with Crippen LogP contribution in [0.5, 0.6) is 17.2 Å². The van der Waals surface area contributed by atoms with Crippen LogP contribution in [0.1, 0.15) is 29.6 Å². The lowest BCUT2D eigenvalue weighted by atomic mass is 9.82. The van der Waals surface area contributed by atoms with Gasteiger partial charge in [-0.25, -0.2) is 0 Å². The summed E-state index contributed by atoms with van der Waals surface area (Å²) >= 11 is 0. The molecule has 0 aliphatic heterocycles. The predicted molar refractivity (Wildman–Crippen MR) is 140 cm³/mol. The summed E-state index contributed by atoms with van der Waals surface area (Å²) in [4.78, 5) is 12.9. The summed E-state index contributed by atoms with van der Waals surface area (Å²) in [6.45, 7) is 2.10. The third kappa shape index (κ3) is 4.65. The highest BCUT2D eigenvalue weighted by Crippen LogP contribution is 2.38. The van der Waals surface area contributed by atoms with Gasteiger partial charge in [0.2, 0.25) is 17.5 Å². The van der Waals surface area contributed by atoms with Crippen molar-refractivity contribution in [2.75, 3.05) is 26.6 Å². The van der Waals surface area contributed by atoms with Crippen LogP contribution in [-0.4, -0.2) is 37.4 Å². The van der Waals surface area contributed by atoms with E-state index in [1.54, 1.807) is 24.3 Å². The van der Waals surface area contributed by atoms with E-state index in [1.807, 2.05) is 24.3 Å². The molecule has 1 heterocycles. The molecule has 1 aliphatic rings. The molecule has 8 nitrogen and oxygen atoms in total. The summed E-state index contributed by atoms with van der Waals surface area (Å²) in [5, 5.41) is 13.9. The number of nitrogens with one attached hydrogen (secondary N) is 1. The van der Waals surface area contributed by atoms with Crippen LogP contribution in [0.15, 0.2) is 65.1 Å². The molecule has 0 spiro atoms. The molecule has 1 aliphatic carbocycles. The number of benzene rings is 3. The number of anilines is 1. The van der Waals surface area contributed by atoms with Crippen LogP contribution in [0.25, 0.3) is 23.6 Å². The molecule has 188 valence electrons. The molecule has 1 atom stereocenters. The zero-order valence-electron chi connectivity index (χ0n) is 21.1. The maximum absolute atomic E-state index is 12.9. The molecule has 1 unspecified atom stereocenters. The van der Waals surface area contributed by atoms with E-state index >= 15 is 0 Å². The Bertz CT molecular complexity index is 1550. The highest BCUT2D eigenvalue weighted by atomic mass is 16.5. The van der Waals surface area contributed by atoms with Crippen molar-refractivity contribution in [2.24, 2.45) is 0 Å². The number of aromatic nitrogens is 2. The number of hydrogen-bond donors (Lipinski definition) is 1. The van der Waals surface area contributed by atoms with Crippen molar-refractivity contribution < 1.29 is 23.4 Å². The molecular formula is C29H27N3O5. The number of carbonyl (C=O) groups is 1. The number of carbonyl (C=O) groups excluding carboxylic acids is 1. The molecular weight excluding hydrogens is 470 g/mol. The number of amides is 1. The Labute approximate surface area is 214 Å². The van der Waals surface area contributed by atoms with Crippen LogP contribution < -0.4 is 30.0 Å². The summed E-state index contributed by atoms with van der Waals surface area (Å²) in [5.74, 6) is 1.90. The van der Waals surface area contributed by atoms with E-state index in [9.17, 15) is 4.79 Å². The first-order chi connectivity index (χ1) is 17.9. The molecule has 5 rings (SSSR count). The standard InChI is InChI=1S/C29H27N3O5/c1-29(14-13-18-7-5-6-8-20(18)17-29)28-32-31-27(37-28)19-9-11-22(12-10-19)30-26(33)21-15-23(34-2)25(36-4)24(16-21)35-3/h5-13,15-17H,14H2,1-4H3,(H,30,33). The summed E-state index contributed by atoms with van der Waals surface area (Å²) < 4.78 is 22.1. The number of fused-ring (bicyclic) bond motifs is 1. The molecule has 0 bridgehead atoms. The Morgan fingerprint density at radius 2 is 1.59 bits per heavy atom. The number of hydrogen-bond acceptors (Lipinski definition) is 7. The topological polar surface area (TPSA) is 95.7 Å². The Morgan fingerprint density at radius 3 is 2.24 bits per heavy atom. The monoisotopic (exact) mass is 497 g/mol. The zero-order chi connectivity index (χ0) is 26.0. The molecule has 3 aromatic carbocycles. The summed E-state index contributed by atoms with van der Waals surface area (Å²) in [6, 6.07) is 18.7. The van der Waals surface area contributed by atoms with Gasteiger partial charge in [-0.1, -0.05) is 36.4 Å². The molecule has 1 aromatic heterocycles. The van der Waals surface area contributed by atoms with E-state index in [-0.39, 0.29) is 11.3 Å². The van der Waals surface area contributed by atoms with Gasteiger partial charge in [-0.2, -0.15) is 0 Å². The Hall–Kier alpha value is -4.59. The smallest absolute Gasteiger partial charge is 0.255 e. The molecule has 37 heavy (non-hydrogen) atoms. The first-order valence-corrected chi connectivity index (χ1v) is 11.8. The summed E-state index contributed by atoms with van der Waals surface area (Å²) in [5.41, 5.74) is 1.36. The van der Waals surface area contributed by atoms with E-state index < -0.39 is 0 Å². The third-order valence-corrected chi connectivity index (χ3v) is 6.45. The second kappa shape index (κ2) is 9.81. The quantitative estimate of drug-likeness (QED) is 0.413. The highest BCUT2D eigenvalue weighted by molar-refractivity contribution is 6.05. The van der Waals surface area contributed by atoms with Crippen LogP contribution in [-0.2, 0) is 5.41 Å². The molecule has 0 saturated heterocycles. The number of methoxy groups -OCH3 is 3. The van der Waals surface area contributed by atoms with Gasteiger partial charge < -0.3 is 23.9 Å². The van der Waals surface area contributed by atoms with Gasteiger partial charge in [0.15, 0.2) is 11.5 Å². The van der Waals surface area contributed by atoms with Crippen LogP contribution in [0.2, 0.25) is 0 Å². The van der Waals surface area contributed by atoms with Gasteiger partial charge in [0.05, 0.1) is 26.7 Å². The first kappa shape index (κ1) is 24.1. The van der Waals surface area contributed by atoms with Crippen molar-refractivity contribution in [2.45, 2.75) is 18.8 Å². The van der Waals surface area contributed by atoms with Gasteiger partial charge >= 0.3 is 0 Å². The van der Waals surface area contributed by atoms with Crippen LogP contribution >= 0.6 is 0 Å². The van der Waals surface area contributed by atoms with Crippen molar-refractivity contribution in [1.29, 1.82) is 0 Å². The van der Waals surface area contributed by atoms with E-state index in [0.717, 1.165) is 17.2 Å². The van der Waals surface area contributed by atoms with Gasteiger partial charge in [0, 0.05) is 16.8 Å². The minimum Gasteiger partial charge on any atom is -0.493 e. The maximum atomic E-state index is 12.9. The zero-order valence-corrected chi connectivity index (χ0v) is 21.1. The summed E-state index contributed by atoms with van der Waals surface area (Å²) in [7, 11) is 4.52. The summed E-state index contributed by atoms with van der Waals surface area (Å²) in [6.07, 6.45) is 5.16. The molecule has 1 amide bonds. The maximum Gasteiger partial charge on any atom is 0.255 e. The van der Waals surface area contributed by atoms with Gasteiger partial charge in [0.25, 0.3) is 5.91 Å². The van der Waals surface area contributed by atoms with Crippen LogP contribution in [0.3, 0.4) is 0 Å². The second-order valence-electron chi connectivity index (χ2n) is 8.96. The average molecular weight is 498 g/mol. The van der Waals surface area contributed by atoms with Crippen molar-refractivity contribution in [3.8, 4) is 28.7 Å². The lowest BCUT2D eigenvalue weighted by Gasteiger charge is -2.22. The Balaban J connectivity index is 1.33. The lowest BCUT2D eigenvalue weighted by molar-refractivity contribution is 0.102. The SMILES string of the molecule is COc1cc(C(=O)Nc2ccc(-c3nnc(C4(C)C=c5ccccc5=CC4)o3)cc2)cc(OC)c1OC. The molecule has 0 radical (unpaired) electrons. The minimum absolute atomic E-state index is 0.315. The largest absolute Gasteiger partial charge is 0.493 e. The normalized spacial score (nSPS) is 16.1. The number of ether oxygens (including phenoxy) is 3. The van der Waals surface area contributed by atoms with Crippen LogP contribution in [0, 0.1) is 0 Å². The van der Waals surface area contributed by atoms with Crippen molar-refractivity contribution in [3.63, 3.8) is 0 Å². The Kier molecular flexibility index (Phi) is 6.40. The average Bonchev–Trinajstić information content (AvgIpc) is 3.44. The van der Waals surface area contributed by atoms with Gasteiger partial charge in [-0.3, -0.25) is 4.79 Å². The molecule has 0 saturated carbocycles. The lowest BCUT2D eigenvalue weighted by Crippen LogP contribution is -2.34. The predicted octanol–water partition coefficient (Wildman–Crippen LogP) is 3.94.